The smallest absolute Gasteiger partial charge is 0.357 e. The number of hydrogen-bond donors (Lipinski definition) is 2. The van der Waals surface area contributed by atoms with Crippen molar-refractivity contribution in [1.29, 1.82) is 0 Å². The van der Waals surface area contributed by atoms with Gasteiger partial charge in [0.1, 0.15) is 35.6 Å². The summed E-state index contributed by atoms with van der Waals surface area (Å²) in [6.07, 6.45) is 4.53. The number of halogens is 1. The van der Waals surface area contributed by atoms with Crippen LogP contribution in [0.4, 0.5) is 21.0 Å². The van der Waals surface area contributed by atoms with E-state index in [0.717, 1.165) is 36.7 Å². The molecule has 4 heterocycles. The summed E-state index contributed by atoms with van der Waals surface area (Å²) in [5.74, 6) is -1.18. The van der Waals surface area contributed by atoms with Gasteiger partial charge in [-0.05, 0) is 52.8 Å². The molecule has 2 N–H and O–H groups in total. The first-order valence-electron chi connectivity index (χ1n) is 14.8. The molecule has 0 aliphatic carbocycles. The second kappa shape index (κ2) is 17.1. The first kappa shape index (κ1) is 37.2. The number of fused-ring (bicyclic) bond motifs is 1. The fraction of sp³-hybridized carbons (Fsp3) is 0.500. The van der Waals surface area contributed by atoms with E-state index in [1.54, 1.807) is 19.9 Å². The highest BCUT2D eigenvalue weighted by Gasteiger charge is 2.55. The predicted molar refractivity (Wildman–Crippen MR) is 187 cm³/mol. The lowest BCUT2D eigenvalue weighted by atomic mass is 10.0. The Balaban J connectivity index is 1.62. The Hall–Kier alpha value is -3.67. The SMILES string of the molecule is [B]P(C)OC(=O)C1=C(C[n+]2cccc(N(C)CCCN(C)C)c2N=CC)CSC2C(NC(=O)/C(=N\OCF)c3nsc(NC)n3)C(=O)N12. The minimum Gasteiger partial charge on any atom is -0.452 e. The number of aliphatic imine (C=N–C) groups is 1. The fourth-order valence-corrected chi connectivity index (χ4v) is 7.24. The highest BCUT2D eigenvalue weighted by molar-refractivity contribution is 8.00. The normalized spacial score (nSPS) is 18.5. The molecule has 2 aliphatic heterocycles. The van der Waals surface area contributed by atoms with E-state index in [9.17, 15) is 18.8 Å². The van der Waals surface area contributed by atoms with Gasteiger partial charge in [-0.25, -0.2) is 13.8 Å². The molecule has 1 fully saturated rings. The Bertz CT molecular complexity index is 1590. The molecule has 20 heteroatoms. The Labute approximate surface area is 289 Å². The third kappa shape index (κ3) is 8.67. The Morgan fingerprint density at radius 3 is 2.75 bits per heavy atom. The van der Waals surface area contributed by atoms with Gasteiger partial charge in [-0.15, -0.1) is 11.8 Å². The molecule has 2 aromatic heterocycles. The molecule has 3 atom stereocenters. The summed E-state index contributed by atoms with van der Waals surface area (Å²) in [6, 6.07) is 2.88. The number of oxime groups is 1. The van der Waals surface area contributed by atoms with E-state index in [0.29, 0.717) is 22.3 Å². The first-order valence-corrected chi connectivity index (χ1v) is 18.4. The molecule has 3 unspecified atom stereocenters. The molecular formula is C28H38BFN10O5PS2+. The topological polar surface area (TPSA) is 158 Å². The molecule has 0 spiro atoms. The summed E-state index contributed by atoms with van der Waals surface area (Å²) in [6.45, 7) is 4.11. The van der Waals surface area contributed by atoms with E-state index in [2.05, 4.69) is 44.8 Å². The highest BCUT2D eigenvalue weighted by atomic mass is 32.2. The maximum absolute atomic E-state index is 13.6. The molecule has 2 aliphatic rings. The number of rotatable bonds is 16. The summed E-state index contributed by atoms with van der Waals surface area (Å²) in [4.78, 5) is 59.3. The molecule has 2 aromatic rings. The van der Waals surface area contributed by atoms with Crippen LogP contribution in [0.15, 0.2) is 39.7 Å². The van der Waals surface area contributed by atoms with Crippen molar-refractivity contribution in [3.05, 3.63) is 35.4 Å². The van der Waals surface area contributed by atoms with Crippen molar-refractivity contribution in [3.63, 3.8) is 0 Å². The van der Waals surface area contributed by atoms with Gasteiger partial charge in [0.25, 0.3) is 18.7 Å². The van der Waals surface area contributed by atoms with E-state index in [-0.39, 0.29) is 18.1 Å². The first-order chi connectivity index (χ1) is 23.0. The average molecular weight is 720 g/mol. The third-order valence-electron chi connectivity index (χ3n) is 7.17. The summed E-state index contributed by atoms with van der Waals surface area (Å²) >= 11 is 2.34. The van der Waals surface area contributed by atoms with Crippen LogP contribution in [0.2, 0.25) is 0 Å². The van der Waals surface area contributed by atoms with Crippen molar-refractivity contribution < 1.29 is 32.7 Å². The molecule has 2 amide bonds. The summed E-state index contributed by atoms with van der Waals surface area (Å²) in [5.41, 5.74) is 1.21. The molecule has 15 nitrogen and oxygen atoms in total. The van der Waals surface area contributed by atoms with Gasteiger partial charge in [-0.1, -0.05) is 10.1 Å². The van der Waals surface area contributed by atoms with Gasteiger partial charge in [-0.2, -0.15) is 9.36 Å². The zero-order valence-corrected chi connectivity index (χ0v) is 30.1. The number of anilines is 2. The number of alkyl halides is 1. The number of carbonyl (C=O) groups excluding carboxylic acids is 3. The molecule has 0 bridgehead atoms. The predicted octanol–water partition coefficient (Wildman–Crippen LogP) is 1.63. The minimum absolute atomic E-state index is 0.0761. The van der Waals surface area contributed by atoms with Crippen LogP contribution in [0.5, 0.6) is 0 Å². The molecule has 256 valence electrons. The fourth-order valence-electron chi connectivity index (χ4n) is 5.04. The molecule has 0 aromatic carbocycles. The van der Waals surface area contributed by atoms with Crippen LogP contribution in [0.3, 0.4) is 0 Å². The number of β-lactam (4-membered cyclic amide) rings is 1. The zero-order valence-electron chi connectivity index (χ0n) is 27.5. The van der Waals surface area contributed by atoms with Crippen molar-refractivity contribution >= 4 is 85.2 Å². The highest BCUT2D eigenvalue weighted by Crippen LogP contribution is 2.42. The van der Waals surface area contributed by atoms with Crippen LogP contribution in [-0.4, -0.2) is 128 Å². The Kier molecular flexibility index (Phi) is 13.3. The lowest BCUT2D eigenvalue weighted by molar-refractivity contribution is -0.675. The van der Waals surface area contributed by atoms with Crippen LogP contribution in [0, 0.1) is 0 Å². The van der Waals surface area contributed by atoms with Gasteiger partial charge >= 0.3 is 11.8 Å². The maximum atomic E-state index is 13.6. The van der Waals surface area contributed by atoms with Crippen molar-refractivity contribution in [2.24, 2.45) is 10.1 Å². The van der Waals surface area contributed by atoms with E-state index in [1.165, 1.54) is 16.7 Å². The zero-order chi connectivity index (χ0) is 35.0. The van der Waals surface area contributed by atoms with Crippen LogP contribution in [-0.2, 0) is 30.3 Å². The van der Waals surface area contributed by atoms with Gasteiger partial charge in [0.2, 0.25) is 16.7 Å². The van der Waals surface area contributed by atoms with Crippen molar-refractivity contribution in [3.8, 4) is 0 Å². The van der Waals surface area contributed by atoms with Crippen molar-refractivity contribution in [1.82, 2.24) is 24.5 Å². The van der Waals surface area contributed by atoms with Crippen LogP contribution >= 0.6 is 31.3 Å². The number of carbonyl (C=O) groups is 3. The summed E-state index contributed by atoms with van der Waals surface area (Å²) in [7, 11) is 12.0. The average Bonchev–Trinajstić information content (AvgIpc) is 3.52. The third-order valence-corrected chi connectivity index (χ3v) is 9.70. The summed E-state index contributed by atoms with van der Waals surface area (Å²) in [5, 5.41) is 8.71. The number of nitrogens with zero attached hydrogens (tertiary/aromatic N) is 8. The van der Waals surface area contributed by atoms with E-state index in [1.807, 2.05) is 51.0 Å². The van der Waals surface area contributed by atoms with Crippen molar-refractivity contribution in [2.45, 2.75) is 31.3 Å². The molecule has 48 heavy (non-hydrogen) atoms. The molecule has 1 saturated heterocycles. The van der Waals surface area contributed by atoms with E-state index < -0.39 is 49.8 Å². The number of hydrogen-bond acceptors (Lipinski definition) is 14. The van der Waals surface area contributed by atoms with Crippen molar-refractivity contribution in [2.75, 3.05) is 70.8 Å². The van der Waals surface area contributed by atoms with Crippen LogP contribution in [0.1, 0.15) is 19.2 Å². The molecular weight excluding hydrogens is 681 g/mol. The van der Waals surface area contributed by atoms with Crippen LogP contribution in [0.25, 0.3) is 0 Å². The quantitative estimate of drug-likeness (QED) is 0.0649. The van der Waals surface area contributed by atoms with Crippen LogP contribution < -0.4 is 20.1 Å². The maximum Gasteiger partial charge on any atom is 0.357 e. The molecule has 0 saturated carbocycles. The van der Waals surface area contributed by atoms with Gasteiger partial charge in [0, 0.05) is 51.5 Å². The van der Waals surface area contributed by atoms with Gasteiger partial charge < -0.3 is 29.8 Å². The number of pyridine rings is 1. The Morgan fingerprint density at radius 1 is 1.33 bits per heavy atom. The lowest BCUT2D eigenvalue weighted by Crippen LogP contribution is -2.71. The van der Waals surface area contributed by atoms with E-state index in [4.69, 9.17) is 12.1 Å². The largest absolute Gasteiger partial charge is 0.452 e. The minimum atomic E-state index is -1.59. The molecule has 2 radical (unpaired) electrons. The second-order valence-corrected chi connectivity index (χ2v) is 14.0. The second-order valence-electron chi connectivity index (χ2n) is 10.9. The number of nitrogens with one attached hydrogen (secondary N) is 2. The summed E-state index contributed by atoms with van der Waals surface area (Å²) < 4.78 is 24.2. The number of thioether (sulfide) groups is 1. The van der Waals surface area contributed by atoms with E-state index >= 15 is 0 Å². The van der Waals surface area contributed by atoms with Gasteiger partial charge in [0.15, 0.2) is 7.57 Å². The van der Waals surface area contributed by atoms with Gasteiger partial charge in [0.05, 0.1) is 6.20 Å². The number of aromatic nitrogens is 3. The standard InChI is InChI=1S/C28H37BFN10O5PS2/c1-7-32-23-18(38(5)12-9-11-37(3)4)10-8-13-39(23)14-17-15-47-26-20(25(42)40(26)21(17)27(43)45-46(6)29)33-24(41)19(35-44-16-30)22-34-28(31-2)48-36-22/h7-8,10,13,20,26H,9,11-12,14-16H2,1-6H3,(H-,31,33,34,36,41)/p+1/b35-19-. The monoisotopic (exact) mass is 719 g/mol. The lowest BCUT2D eigenvalue weighted by Gasteiger charge is -2.49. The van der Waals surface area contributed by atoms with Gasteiger partial charge in [-0.3, -0.25) is 14.5 Å². The number of amides is 2. The molecule has 4 rings (SSSR count). The Morgan fingerprint density at radius 2 is 2.10 bits per heavy atom.